The van der Waals surface area contributed by atoms with Gasteiger partial charge in [-0.1, -0.05) is 12.2 Å². The molecule has 0 aromatic rings. The van der Waals surface area contributed by atoms with Gasteiger partial charge < -0.3 is 38.6 Å². The minimum absolute atomic E-state index is 0.0245. The highest BCUT2D eigenvalue weighted by molar-refractivity contribution is 4.65. The number of alkyl halides is 4. The SMILES string of the molecule is C=CCOCC(O)COCCOCOCC(F)(F)OC(F)(F)COCC(O)COCC=C. The molecule has 9 nitrogen and oxygen atoms in total. The second kappa shape index (κ2) is 18.3. The highest BCUT2D eigenvalue weighted by Crippen LogP contribution is 2.27. The maximum atomic E-state index is 13.5. The van der Waals surface area contributed by atoms with Gasteiger partial charge in [0.1, 0.15) is 32.2 Å². The van der Waals surface area contributed by atoms with Crippen LogP contribution >= 0.6 is 0 Å². The van der Waals surface area contributed by atoms with E-state index in [4.69, 9.17) is 18.9 Å². The van der Waals surface area contributed by atoms with Crippen molar-refractivity contribution >= 4 is 0 Å². The van der Waals surface area contributed by atoms with Crippen LogP contribution in [0.25, 0.3) is 0 Å². The van der Waals surface area contributed by atoms with Gasteiger partial charge in [-0.2, -0.15) is 17.6 Å². The van der Waals surface area contributed by atoms with E-state index in [0.717, 1.165) is 0 Å². The van der Waals surface area contributed by atoms with Crippen LogP contribution < -0.4 is 0 Å². The lowest BCUT2D eigenvalue weighted by atomic mass is 10.4. The molecule has 0 spiro atoms. The van der Waals surface area contributed by atoms with Gasteiger partial charge in [-0.15, -0.1) is 13.2 Å². The molecule has 0 fully saturated rings. The average molecular weight is 480 g/mol. The molecular formula is C19H32F4O9. The first kappa shape index (κ1) is 30.8. The van der Waals surface area contributed by atoms with Crippen LogP contribution in [-0.2, 0) is 33.2 Å². The lowest BCUT2D eigenvalue weighted by Crippen LogP contribution is -2.40. The summed E-state index contributed by atoms with van der Waals surface area (Å²) in [5.41, 5.74) is 0. The Morgan fingerprint density at radius 1 is 0.656 bits per heavy atom. The lowest BCUT2D eigenvalue weighted by molar-refractivity contribution is -0.396. The predicted octanol–water partition coefficient (Wildman–Crippen LogP) is 1.34. The zero-order valence-electron chi connectivity index (χ0n) is 17.8. The summed E-state index contributed by atoms with van der Waals surface area (Å²) in [6, 6.07) is 0. The third-order valence-electron chi connectivity index (χ3n) is 3.09. The van der Waals surface area contributed by atoms with Gasteiger partial charge in [0.25, 0.3) is 0 Å². The normalized spacial score (nSPS) is 14.3. The summed E-state index contributed by atoms with van der Waals surface area (Å²) >= 11 is 0. The lowest BCUT2D eigenvalue weighted by Gasteiger charge is -2.24. The van der Waals surface area contributed by atoms with Gasteiger partial charge in [0.05, 0.1) is 52.9 Å². The number of aliphatic hydroxyl groups excluding tert-OH is 2. The van der Waals surface area contributed by atoms with E-state index in [1.165, 1.54) is 12.2 Å². The molecule has 13 heteroatoms. The average Bonchev–Trinajstić information content (AvgIpc) is 2.69. The molecule has 2 N–H and O–H groups in total. The van der Waals surface area contributed by atoms with Crippen molar-refractivity contribution in [1.29, 1.82) is 0 Å². The molecule has 0 rings (SSSR count). The Kier molecular flexibility index (Phi) is 17.6. The first-order chi connectivity index (χ1) is 15.1. The van der Waals surface area contributed by atoms with Crippen molar-refractivity contribution in [2.75, 3.05) is 72.9 Å². The Morgan fingerprint density at radius 3 is 1.62 bits per heavy atom. The van der Waals surface area contributed by atoms with Crippen molar-refractivity contribution < 1.29 is 60.9 Å². The van der Waals surface area contributed by atoms with Crippen LogP contribution in [0.1, 0.15) is 0 Å². The minimum atomic E-state index is -4.32. The van der Waals surface area contributed by atoms with Gasteiger partial charge in [-0.25, -0.2) is 0 Å². The van der Waals surface area contributed by atoms with Crippen LogP contribution in [0.15, 0.2) is 25.3 Å². The summed E-state index contributed by atoms with van der Waals surface area (Å²) in [5, 5.41) is 18.9. The minimum Gasteiger partial charge on any atom is -0.388 e. The highest BCUT2D eigenvalue weighted by atomic mass is 19.3. The van der Waals surface area contributed by atoms with Crippen molar-refractivity contribution in [3.05, 3.63) is 25.3 Å². The van der Waals surface area contributed by atoms with Gasteiger partial charge in [0, 0.05) is 0 Å². The fourth-order valence-electron chi connectivity index (χ4n) is 1.88. The van der Waals surface area contributed by atoms with Gasteiger partial charge in [0.15, 0.2) is 0 Å². The van der Waals surface area contributed by atoms with E-state index in [0.29, 0.717) is 6.61 Å². The third kappa shape index (κ3) is 19.5. The van der Waals surface area contributed by atoms with Crippen molar-refractivity contribution in [1.82, 2.24) is 0 Å². The molecule has 0 aromatic heterocycles. The number of aliphatic hydroxyl groups is 2. The molecule has 0 radical (unpaired) electrons. The van der Waals surface area contributed by atoms with Crippen LogP contribution in [0.3, 0.4) is 0 Å². The number of rotatable bonds is 23. The van der Waals surface area contributed by atoms with Crippen molar-refractivity contribution in [2.45, 2.75) is 24.4 Å². The van der Waals surface area contributed by atoms with Crippen LogP contribution in [-0.4, -0.2) is 107 Å². The zero-order valence-corrected chi connectivity index (χ0v) is 17.8. The van der Waals surface area contributed by atoms with Gasteiger partial charge in [0.2, 0.25) is 0 Å². The number of hydrogen-bond acceptors (Lipinski definition) is 9. The molecule has 0 aliphatic carbocycles. The van der Waals surface area contributed by atoms with Crippen LogP contribution in [0.2, 0.25) is 0 Å². The number of hydrogen-bond donors (Lipinski definition) is 2. The summed E-state index contributed by atoms with van der Waals surface area (Å²) in [5.74, 6) is 0. The monoisotopic (exact) mass is 480 g/mol. The molecule has 0 aliphatic heterocycles. The van der Waals surface area contributed by atoms with Gasteiger partial charge in [-0.3, -0.25) is 4.74 Å². The van der Waals surface area contributed by atoms with Crippen molar-refractivity contribution in [2.24, 2.45) is 0 Å². The Labute approximate surface area is 184 Å². The predicted molar refractivity (Wildman–Crippen MR) is 103 cm³/mol. The zero-order chi connectivity index (χ0) is 24.3. The Bertz CT molecular complexity index is 484. The van der Waals surface area contributed by atoms with E-state index in [9.17, 15) is 27.8 Å². The van der Waals surface area contributed by atoms with E-state index in [1.54, 1.807) is 0 Å². The highest BCUT2D eigenvalue weighted by Gasteiger charge is 2.44. The summed E-state index contributed by atoms with van der Waals surface area (Å²) in [6.45, 7) is 2.94. The Morgan fingerprint density at radius 2 is 1.09 bits per heavy atom. The van der Waals surface area contributed by atoms with E-state index in [1.807, 2.05) is 0 Å². The standard InChI is InChI=1S/C19H32F4O9/c1-3-5-26-9-16(24)11-28-7-8-29-15-31-14-19(22,23)32-18(20,21)13-30-12-17(25)10-27-6-4-2/h3-4,16-17,24-25H,1-2,5-15H2. The molecule has 0 saturated carbocycles. The van der Waals surface area contributed by atoms with E-state index >= 15 is 0 Å². The Hall–Kier alpha value is -1.16. The molecule has 0 saturated heterocycles. The maximum absolute atomic E-state index is 13.5. The Balaban J connectivity index is 3.83. The first-order valence-electron chi connectivity index (χ1n) is 9.62. The van der Waals surface area contributed by atoms with E-state index in [-0.39, 0.29) is 39.6 Å². The van der Waals surface area contributed by atoms with Crippen LogP contribution in [0.4, 0.5) is 17.6 Å². The summed E-state index contributed by atoms with van der Waals surface area (Å²) in [4.78, 5) is 0. The molecule has 190 valence electrons. The second-order valence-corrected chi connectivity index (χ2v) is 6.30. The van der Waals surface area contributed by atoms with E-state index < -0.39 is 51.0 Å². The number of ether oxygens (including phenoxy) is 7. The molecule has 0 bridgehead atoms. The fourth-order valence-corrected chi connectivity index (χ4v) is 1.88. The molecule has 0 amide bonds. The topological polar surface area (TPSA) is 105 Å². The second-order valence-electron chi connectivity index (χ2n) is 6.30. The summed E-state index contributed by atoms with van der Waals surface area (Å²) in [7, 11) is 0. The smallest absolute Gasteiger partial charge is 0.383 e. The van der Waals surface area contributed by atoms with Crippen molar-refractivity contribution in [3.63, 3.8) is 0 Å². The third-order valence-corrected chi connectivity index (χ3v) is 3.09. The van der Waals surface area contributed by atoms with Gasteiger partial charge >= 0.3 is 12.2 Å². The van der Waals surface area contributed by atoms with Crippen LogP contribution in [0.5, 0.6) is 0 Å². The first-order valence-corrected chi connectivity index (χ1v) is 9.62. The molecule has 0 aromatic carbocycles. The van der Waals surface area contributed by atoms with Gasteiger partial charge in [-0.05, 0) is 0 Å². The molecule has 2 unspecified atom stereocenters. The maximum Gasteiger partial charge on any atom is 0.383 e. The molecule has 32 heavy (non-hydrogen) atoms. The van der Waals surface area contributed by atoms with E-state index in [2.05, 4.69) is 27.4 Å². The molecular weight excluding hydrogens is 448 g/mol. The molecule has 0 aliphatic rings. The molecule has 2 atom stereocenters. The quantitative estimate of drug-likeness (QED) is 0.0970. The fraction of sp³-hybridized carbons (Fsp3) is 0.789. The summed E-state index contributed by atoms with van der Waals surface area (Å²) in [6.07, 6.45) is -7.74. The van der Waals surface area contributed by atoms with Crippen LogP contribution in [0, 0.1) is 0 Å². The largest absolute Gasteiger partial charge is 0.388 e. The van der Waals surface area contributed by atoms with Crippen molar-refractivity contribution in [3.8, 4) is 0 Å². The molecule has 0 heterocycles. The summed E-state index contributed by atoms with van der Waals surface area (Å²) < 4.78 is 86.1. The number of halogens is 4.